The van der Waals surface area contributed by atoms with E-state index in [1.807, 2.05) is 48.5 Å². The first-order valence-corrected chi connectivity index (χ1v) is 15.1. The Hall–Kier alpha value is -4.46. The lowest BCUT2D eigenvalue weighted by atomic mass is 9.78. The van der Waals surface area contributed by atoms with Crippen LogP contribution in [0.2, 0.25) is 0 Å². The summed E-state index contributed by atoms with van der Waals surface area (Å²) in [7, 11) is 3.29. The van der Waals surface area contributed by atoms with E-state index in [1.165, 1.54) is 0 Å². The van der Waals surface area contributed by atoms with Crippen LogP contribution in [-0.2, 0) is 4.74 Å². The lowest BCUT2D eigenvalue weighted by Gasteiger charge is -2.26. The Bertz CT molecular complexity index is 1450. The first-order chi connectivity index (χ1) is 21.1. The second kappa shape index (κ2) is 13.7. The van der Waals surface area contributed by atoms with Crippen LogP contribution < -0.4 is 18.9 Å². The van der Waals surface area contributed by atoms with Crippen LogP contribution in [-0.4, -0.2) is 27.4 Å². The first-order valence-electron chi connectivity index (χ1n) is 15.1. The highest BCUT2D eigenvalue weighted by atomic mass is 16.5. The molecule has 0 spiro atoms. The van der Waals surface area contributed by atoms with E-state index < -0.39 is 12.2 Å². The van der Waals surface area contributed by atoms with Gasteiger partial charge in [0.15, 0.2) is 0 Å². The van der Waals surface area contributed by atoms with Gasteiger partial charge in [0, 0.05) is 11.1 Å². The molecule has 0 saturated heterocycles. The van der Waals surface area contributed by atoms with Gasteiger partial charge in [0.2, 0.25) is 0 Å². The molecule has 7 nitrogen and oxygen atoms in total. The van der Waals surface area contributed by atoms with Crippen LogP contribution in [0, 0.1) is 22.7 Å². The van der Waals surface area contributed by atoms with Crippen molar-refractivity contribution >= 4 is 11.1 Å². The normalized spacial score (nSPS) is 16.4. The Labute approximate surface area is 254 Å². The highest BCUT2D eigenvalue weighted by molar-refractivity contribution is 6.01. The summed E-state index contributed by atoms with van der Waals surface area (Å²) < 4.78 is 30.5. The number of hydrogen-bond donors (Lipinski definition) is 0. The third-order valence-electron chi connectivity index (χ3n) is 8.11. The summed E-state index contributed by atoms with van der Waals surface area (Å²) in [6.45, 7) is 5.16. The standard InChI is InChI=1S/C36H38N2O5/c1-5-7-9-19-41-33-27(21-37)28(22-38)34(42-20-10-8-6-2)32-31(33)35-29(23-11-15-25(39-3)16-12-23)30(36(32)43-35)24-13-17-26(40-4)18-14-24/h11-18,35-36H,5-10,19-20H2,1-4H3. The molecule has 0 saturated carbocycles. The second-order valence-corrected chi connectivity index (χ2v) is 10.8. The summed E-state index contributed by atoms with van der Waals surface area (Å²) in [5, 5.41) is 20.7. The Balaban J connectivity index is 1.74. The zero-order chi connectivity index (χ0) is 30.3. The molecule has 3 aromatic carbocycles. The fourth-order valence-electron chi connectivity index (χ4n) is 5.96. The van der Waals surface area contributed by atoms with E-state index in [0.29, 0.717) is 24.7 Å². The maximum Gasteiger partial charge on any atom is 0.145 e. The molecular formula is C36H38N2O5. The molecule has 0 N–H and O–H groups in total. The number of nitrogens with zero attached hydrogens (tertiary/aromatic N) is 2. The van der Waals surface area contributed by atoms with Crippen molar-refractivity contribution in [2.45, 2.75) is 64.6 Å². The van der Waals surface area contributed by atoms with Crippen molar-refractivity contribution in [1.82, 2.24) is 0 Å². The van der Waals surface area contributed by atoms with Crippen molar-refractivity contribution in [2.24, 2.45) is 0 Å². The fourth-order valence-corrected chi connectivity index (χ4v) is 5.96. The van der Waals surface area contributed by atoms with E-state index in [9.17, 15) is 10.5 Å². The van der Waals surface area contributed by atoms with E-state index in [0.717, 1.165) is 83.4 Å². The van der Waals surface area contributed by atoms with Crippen molar-refractivity contribution < 1.29 is 23.7 Å². The largest absolute Gasteiger partial charge is 0.497 e. The molecule has 222 valence electrons. The summed E-state index contributed by atoms with van der Waals surface area (Å²) in [6, 6.07) is 20.4. The highest BCUT2D eigenvalue weighted by Gasteiger charge is 2.51. The molecule has 2 aliphatic heterocycles. The maximum atomic E-state index is 10.4. The Kier molecular flexibility index (Phi) is 9.55. The van der Waals surface area contributed by atoms with Crippen molar-refractivity contribution in [2.75, 3.05) is 27.4 Å². The number of rotatable bonds is 14. The summed E-state index contributed by atoms with van der Waals surface area (Å²) >= 11 is 0. The third kappa shape index (κ3) is 5.66. The van der Waals surface area contributed by atoms with Crippen LogP contribution >= 0.6 is 0 Å². The number of methoxy groups -OCH3 is 2. The SMILES string of the molecule is CCCCCOc1c(C#N)c(C#N)c(OCCCCC)c2c1C1OC2C(c2ccc(OC)cc2)=C1c1ccc(OC)cc1. The van der Waals surface area contributed by atoms with Crippen LogP contribution in [0.15, 0.2) is 48.5 Å². The number of benzene rings is 3. The molecule has 0 fully saturated rings. The number of nitriles is 2. The minimum Gasteiger partial charge on any atom is -0.497 e. The second-order valence-electron chi connectivity index (χ2n) is 10.8. The summed E-state index contributed by atoms with van der Waals surface area (Å²) in [4.78, 5) is 0. The molecule has 5 rings (SSSR count). The summed E-state index contributed by atoms with van der Waals surface area (Å²) in [6.07, 6.45) is 4.79. The molecule has 0 amide bonds. The van der Waals surface area contributed by atoms with Crippen LogP contribution in [0.25, 0.3) is 11.1 Å². The average molecular weight is 579 g/mol. The molecule has 3 aromatic rings. The van der Waals surface area contributed by atoms with Gasteiger partial charge in [-0.15, -0.1) is 0 Å². The van der Waals surface area contributed by atoms with Gasteiger partial charge in [0.1, 0.15) is 58.5 Å². The quantitative estimate of drug-likeness (QED) is 0.178. The number of unbranched alkanes of at least 4 members (excludes halogenated alkanes) is 4. The van der Waals surface area contributed by atoms with Crippen molar-refractivity contribution in [3.63, 3.8) is 0 Å². The van der Waals surface area contributed by atoms with E-state index in [4.69, 9.17) is 23.7 Å². The van der Waals surface area contributed by atoms with Crippen molar-refractivity contribution in [3.05, 3.63) is 81.9 Å². The van der Waals surface area contributed by atoms with Gasteiger partial charge in [-0.25, -0.2) is 0 Å². The summed E-state index contributed by atoms with van der Waals surface area (Å²) in [5.74, 6) is 2.37. The van der Waals surface area contributed by atoms with Gasteiger partial charge < -0.3 is 23.7 Å². The predicted molar refractivity (Wildman–Crippen MR) is 165 cm³/mol. The molecule has 2 aliphatic rings. The van der Waals surface area contributed by atoms with Gasteiger partial charge in [-0.1, -0.05) is 63.8 Å². The Morgan fingerprint density at radius 1 is 0.628 bits per heavy atom. The molecule has 0 aliphatic carbocycles. The van der Waals surface area contributed by atoms with Crippen LogP contribution in [0.5, 0.6) is 23.0 Å². The molecule has 2 atom stereocenters. The van der Waals surface area contributed by atoms with Gasteiger partial charge in [-0.05, 0) is 59.4 Å². The molecule has 0 radical (unpaired) electrons. The smallest absolute Gasteiger partial charge is 0.145 e. The van der Waals surface area contributed by atoms with Gasteiger partial charge in [0.05, 0.1) is 27.4 Å². The van der Waals surface area contributed by atoms with Crippen molar-refractivity contribution in [3.8, 4) is 35.1 Å². The Morgan fingerprint density at radius 2 is 1.02 bits per heavy atom. The zero-order valence-electron chi connectivity index (χ0n) is 25.4. The average Bonchev–Trinajstić information content (AvgIpc) is 3.62. The maximum absolute atomic E-state index is 10.4. The molecule has 7 heteroatoms. The number of hydrogen-bond acceptors (Lipinski definition) is 7. The monoisotopic (exact) mass is 578 g/mol. The predicted octanol–water partition coefficient (Wildman–Crippen LogP) is 8.32. The minimum absolute atomic E-state index is 0.208. The lowest BCUT2D eigenvalue weighted by Crippen LogP contribution is -2.14. The molecule has 2 heterocycles. The zero-order valence-corrected chi connectivity index (χ0v) is 25.4. The summed E-state index contributed by atoms with van der Waals surface area (Å²) in [5.41, 5.74) is 5.93. The van der Waals surface area contributed by atoms with Crippen LogP contribution in [0.1, 0.15) is 98.0 Å². The third-order valence-corrected chi connectivity index (χ3v) is 8.11. The lowest BCUT2D eigenvalue weighted by molar-refractivity contribution is 0.0931. The molecular weight excluding hydrogens is 540 g/mol. The van der Waals surface area contributed by atoms with Crippen LogP contribution in [0.3, 0.4) is 0 Å². The van der Waals surface area contributed by atoms with Gasteiger partial charge in [0.25, 0.3) is 0 Å². The Morgan fingerprint density at radius 3 is 1.35 bits per heavy atom. The van der Waals surface area contributed by atoms with Crippen LogP contribution in [0.4, 0.5) is 0 Å². The first kappa shape index (κ1) is 30.0. The number of ether oxygens (including phenoxy) is 5. The topological polar surface area (TPSA) is 93.7 Å². The minimum atomic E-state index is -0.510. The highest BCUT2D eigenvalue weighted by Crippen LogP contribution is 2.65. The van der Waals surface area contributed by atoms with Gasteiger partial charge in [-0.2, -0.15) is 10.5 Å². The molecule has 2 bridgehead atoms. The van der Waals surface area contributed by atoms with E-state index in [1.54, 1.807) is 14.2 Å². The van der Waals surface area contributed by atoms with E-state index >= 15 is 0 Å². The van der Waals surface area contributed by atoms with Gasteiger partial charge >= 0.3 is 0 Å². The van der Waals surface area contributed by atoms with E-state index in [2.05, 4.69) is 26.0 Å². The fraction of sp³-hybridized carbons (Fsp3) is 0.389. The molecule has 0 aromatic heterocycles. The molecule has 2 unspecified atom stereocenters. The van der Waals surface area contributed by atoms with Crippen molar-refractivity contribution in [1.29, 1.82) is 10.5 Å². The number of fused-ring (bicyclic) bond motifs is 5. The van der Waals surface area contributed by atoms with E-state index in [-0.39, 0.29) is 11.1 Å². The van der Waals surface area contributed by atoms with Gasteiger partial charge in [-0.3, -0.25) is 0 Å². The molecule has 43 heavy (non-hydrogen) atoms.